The lowest BCUT2D eigenvalue weighted by Gasteiger charge is -2.19. The second-order valence-corrected chi connectivity index (χ2v) is 16.2. The molecule has 2 aliphatic rings. The van der Waals surface area contributed by atoms with Gasteiger partial charge in [0.05, 0.1) is 31.1 Å². The summed E-state index contributed by atoms with van der Waals surface area (Å²) in [4.78, 5) is 75.0. The third kappa shape index (κ3) is 14.7. The van der Waals surface area contributed by atoms with Gasteiger partial charge in [-0.3, -0.25) is 28.5 Å². The number of rotatable bonds is 15. The lowest BCUT2D eigenvalue weighted by atomic mass is 10.1. The minimum absolute atomic E-state index is 0.0438. The number of fused-ring (bicyclic) bond motifs is 2. The summed E-state index contributed by atoms with van der Waals surface area (Å²) in [6, 6.07) is 13.3. The second-order valence-electron chi connectivity index (χ2n) is 14.5. The van der Waals surface area contributed by atoms with Gasteiger partial charge in [-0.1, -0.05) is 46.4 Å². The lowest BCUT2D eigenvalue weighted by Crippen LogP contribution is -2.31. The Bertz CT molecular complexity index is 2220. The first-order valence-corrected chi connectivity index (χ1v) is 21.5. The van der Waals surface area contributed by atoms with E-state index in [1.807, 2.05) is 0 Å². The van der Waals surface area contributed by atoms with Crippen molar-refractivity contribution < 1.29 is 48.1 Å². The van der Waals surface area contributed by atoms with Crippen LogP contribution in [0.2, 0.25) is 20.1 Å². The standard InChI is InChI=1S/C22H25Cl2N3O5.C20H21Cl2N3O5/c1-2-31-21(29)6-3-5-20(28)19-12-18-13-26(7-4-8-27(18)25-19)22(30)32-14-15-9-16(23)11-17(24)10-15;21-14-7-13(8-15(22)9-14)12-30-20(29)24-5-2-6-25-16(11-24)10-17(23-25)18(26)3-1-4-19(27)28/h9-12H,2-8,13-14H2,1H3;7-10H,1-6,11-12H2,(H,27,28). The first-order valence-electron chi connectivity index (χ1n) is 20.0. The lowest BCUT2D eigenvalue weighted by molar-refractivity contribution is -0.143. The summed E-state index contributed by atoms with van der Waals surface area (Å²) in [6.45, 7) is 4.91. The third-order valence-corrected chi connectivity index (χ3v) is 10.4. The number of hydrogen-bond donors (Lipinski definition) is 1. The summed E-state index contributed by atoms with van der Waals surface area (Å²) in [6.07, 6.45) is 1.56. The molecule has 4 heterocycles. The number of ketones is 2. The van der Waals surface area contributed by atoms with E-state index in [9.17, 15) is 28.8 Å². The summed E-state index contributed by atoms with van der Waals surface area (Å²) in [7, 11) is 0. The molecule has 62 heavy (non-hydrogen) atoms. The average Bonchev–Trinajstić information content (AvgIpc) is 3.67. The number of Topliss-reactive ketones (excluding diaryl/α,β-unsaturated/α-hetero) is 2. The second kappa shape index (κ2) is 23.3. The number of halogens is 4. The van der Waals surface area contributed by atoms with Crippen LogP contribution in [0.3, 0.4) is 0 Å². The summed E-state index contributed by atoms with van der Waals surface area (Å²) in [5.41, 5.74) is 3.52. The predicted molar refractivity (Wildman–Crippen MR) is 228 cm³/mol. The Morgan fingerprint density at radius 2 is 1.00 bits per heavy atom. The smallest absolute Gasteiger partial charge is 0.410 e. The predicted octanol–water partition coefficient (Wildman–Crippen LogP) is 8.82. The largest absolute Gasteiger partial charge is 0.481 e. The van der Waals surface area contributed by atoms with Crippen molar-refractivity contribution in [2.24, 2.45) is 0 Å². The molecule has 4 aromatic rings. The number of carboxylic acids is 1. The molecule has 20 heteroatoms. The van der Waals surface area contributed by atoms with Crippen molar-refractivity contribution >= 4 is 82.1 Å². The van der Waals surface area contributed by atoms with Gasteiger partial charge in [-0.25, -0.2) is 9.59 Å². The van der Waals surface area contributed by atoms with Crippen molar-refractivity contribution in [2.45, 2.75) is 97.7 Å². The SMILES string of the molecule is CCOC(=O)CCCC(=O)c1cc2n(n1)CCCN(C(=O)OCc1cc(Cl)cc(Cl)c1)C2.O=C(O)CCCC(=O)c1cc2n(n1)CCCN(C(=O)OCc1cc(Cl)cc(Cl)c1)C2. The van der Waals surface area contributed by atoms with E-state index >= 15 is 0 Å². The average molecular weight is 937 g/mol. The van der Waals surface area contributed by atoms with Crippen LogP contribution in [-0.2, 0) is 63.2 Å². The van der Waals surface area contributed by atoms with Crippen LogP contribution in [0.5, 0.6) is 0 Å². The van der Waals surface area contributed by atoms with E-state index in [0.29, 0.717) is 94.7 Å². The highest BCUT2D eigenvalue weighted by Gasteiger charge is 2.25. The summed E-state index contributed by atoms with van der Waals surface area (Å²) >= 11 is 23.9. The zero-order valence-corrected chi connectivity index (χ0v) is 37.0. The number of aromatic nitrogens is 4. The summed E-state index contributed by atoms with van der Waals surface area (Å²) in [5, 5.41) is 19.3. The van der Waals surface area contributed by atoms with Crippen LogP contribution in [0.25, 0.3) is 0 Å². The van der Waals surface area contributed by atoms with Gasteiger partial charge in [0.15, 0.2) is 11.6 Å². The molecule has 0 saturated carbocycles. The molecule has 0 unspecified atom stereocenters. The van der Waals surface area contributed by atoms with E-state index in [2.05, 4.69) is 10.2 Å². The Labute approximate surface area is 377 Å². The van der Waals surface area contributed by atoms with E-state index in [-0.39, 0.29) is 75.9 Å². The van der Waals surface area contributed by atoms with Crippen LogP contribution in [-0.4, -0.2) is 89.9 Å². The quantitative estimate of drug-likeness (QED) is 0.0678. The minimum atomic E-state index is -0.933. The van der Waals surface area contributed by atoms with Crippen LogP contribution in [0.1, 0.15) is 102 Å². The summed E-state index contributed by atoms with van der Waals surface area (Å²) < 4.78 is 19.2. The first kappa shape index (κ1) is 47.9. The zero-order chi connectivity index (χ0) is 44.8. The van der Waals surface area contributed by atoms with Gasteiger partial charge in [0, 0.05) is 72.0 Å². The van der Waals surface area contributed by atoms with Gasteiger partial charge in [-0.05, 0) is 92.3 Å². The minimum Gasteiger partial charge on any atom is -0.481 e. The maximum absolute atomic E-state index is 12.6. The Morgan fingerprint density at radius 3 is 1.40 bits per heavy atom. The number of ether oxygens (including phenoxy) is 3. The van der Waals surface area contributed by atoms with E-state index in [1.54, 1.807) is 74.6 Å². The Hall–Kier alpha value is -5.16. The molecule has 0 radical (unpaired) electrons. The monoisotopic (exact) mass is 934 g/mol. The third-order valence-electron chi connectivity index (χ3n) is 9.57. The van der Waals surface area contributed by atoms with Crippen LogP contribution < -0.4 is 0 Å². The Morgan fingerprint density at radius 1 is 0.581 bits per heavy atom. The normalized spacial score (nSPS) is 13.4. The molecule has 2 aromatic heterocycles. The molecule has 16 nitrogen and oxygen atoms in total. The maximum atomic E-state index is 12.6. The van der Waals surface area contributed by atoms with Gasteiger partial charge in [0.2, 0.25) is 0 Å². The van der Waals surface area contributed by atoms with E-state index in [4.69, 9.17) is 65.7 Å². The molecule has 0 spiro atoms. The molecule has 2 aromatic carbocycles. The molecule has 0 saturated heterocycles. The number of benzene rings is 2. The van der Waals surface area contributed by atoms with Crippen molar-refractivity contribution in [3.8, 4) is 0 Å². The van der Waals surface area contributed by atoms with Crippen LogP contribution in [0.15, 0.2) is 48.5 Å². The molecule has 0 atom stereocenters. The zero-order valence-electron chi connectivity index (χ0n) is 34.0. The molecule has 0 fully saturated rings. The van der Waals surface area contributed by atoms with E-state index < -0.39 is 18.2 Å². The van der Waals surface area contributed by atoms with E-state index in [0.717, 1.165) is 11.4 Å². The molecule has 1 N–H and O–H groups in total. The fourth-order valence-electron chi connectivity index (χ4n) is 6.65. The number of esters is 1. The molecule has 0 aliphatic carbocycles. The molecule has 0 bridgehead atoms. The highest BCUT2D eigenvalue weighted by Crippen LogP contribution is 2.23. The van der Waals surface area contributed by atoms with E-state index in [1.165, 1.54) is 0 Å². The molecule has 332 valence electrons. The van der Waals surface area contributed by atoms with Crippen LogP contribution in [0, 0.1) is 0 Å². The highest BCUT2D eigenvalue weighted by atomic mass is 35.5. The number of carboxylic acid groups (broad SMARTS) is 1. The summed E-state index contributed by atoms with van der Waals surface area (Å²) in [5.74, 6) is -1.58. The van der Waals surface area contributed by atoms with Gasteiger partial charge >= 0.3 is 24.1 Å². The highest BCUT2D eigenvalue weighted by molar-refractivity contribution is 6.35. The number of hydrogen-bond acceptors (Lipinski definition) is 11. The number of carbonyl (C=O) groups excluding carboxylic acids is 5. The fraction of sp³-hybridized carbons (Fsp3) is 0.429. The topological polar surface area (TPSA) is 192 Å². The number of carbonyl (C=O) groups is 6. The van der Waals surface area contributed by atoms with Crippen molar-refractivity contribution in [1.29, 1.82) is 0 Å². The van der Waals surface area contributed by atoms with Crippen molar-refractivity contribution in [1.82, 2.24) is 29.4 Å². The molecule has 2 amide bonds. The fourth-order valence-corrected chi connectivity index (χ4v) is 7.80. The maximum Gasteiger partial charge on any atom is 0.410 e. The molecule has 2 aliphatic heterocycles. The Kier molecular flexibility index (Phi) is 18.0. The van der Waals surface area contributed by atoms with Crippen LogP contribution >= 0.6 is 46.4 Å². The van der Waals surface area contributed by atoms with Gasteiger partial charge in [-0.2, -0.15) is 10.2 Å². The van der Waals surface area contributed by atoms with Crippen molar-refractivity contribution in [3.05, 3.63) is 103 Å². The molecule has 6 rings (SSSR count). The van der Waals surface area contributed by atoms with Gasteiger partial charge < -0.3 is 29.1 Å². The van der Waals surface area contributed by atoms with Crippen molar-refractivity contribution in [2.75, 3.05) is 19.7 Å². The number of aryl methyl sites for hydroxylation is 2. The molecular formula is C42H46Cl4N6O10. The van der Waals surface area contributed by atoms with Gasteiger partial charge in [0.1, 0.15) is 24.6 Å². The number of nitrogens with zero attached hydrogens (tertiary/aromatic N) is 6. The van der Waals surface area contributed by atoms with Crippen molar-refractivity contribution in [3.63, 3.8) is 0 Å². The van der Waals surface area contributed by atoms with Crippen LogP contribution in [0.4, 0.5) is 9.59 Å². The first-order chi connectivity index (χ1) is 29.7. The number of aliphatic carboxylic acids is 1. The Balaban J connectivity index is 0.000000235. The molecular weight excluding hydrogens is 890 g/mol. The van der Waals surface area contributed by atoms with Gasteiger partial charge in [-0.15, -0.1) is 0 Å². The van der Waals surface area contributed by atoms with Gasteiger partial charge in [0.25, 0.3) is 0 Å². The number of amides is 2.